The Morgan fingerprint density at radius 3 is 2.57 bits per heavy atom. The Bertz CT molecular complexity index is 364. The number of allylic oxidation sites excluding steroid dienone is 1. The molecule has 8 heteroatoms. The zero-order valence-electron chi connectivity index (χ0n) is 13.1. The van der Waals surface area contributed by atoms with Gasteiger partial charge >= 0.3 is 0 Å². The minimum atomic E-state index is -0.600. The Balaban J connectivity index is 4.30. The van der Waals surface area contributed by atoms with Gasteiger partial charge in [0.15, 0.2) is 5.96 Å². The van der Waals surface area contributed by atoms with Crippen LogP contribution in [0, 0.1) is 5.92 Å². The van der Waals surface area contributed by atoms with Crippen LogP contribution in [0.4, 0.5) is 0 Å². The van der Waals surface area contributed by atoms with Crippen molar-refractivity contribution in [2.24, 2.45) is 28.1 Å². The lowest BCUT2D eigenvalue weighted by Crippen LogP contribution is -2.40. The molecule has 0 radical (unpaired) electrons. The van der Waals surface area contributed by atoms with Crippen LogP contribution in [0.5, 0.6) is 0 Å². The Hall–Kier alpha value is -1.80. The molecule has 0 aromatic carbocycles. The molecule has 0 rings (SSSR count). The molecule has 8 N–H and O–H groups in total. The van der Waals surface area contributed by atoms with Crippen molar-refractivity contribution in [1.29, 1.82) is 0 Å². The van der Waals surface area contributed by atoms with Gasteiger partial charge in [0.05, 0.1) is 13.2 Å². The Labute approximate surface area is 126 Å². The van der Waals surface area contributed by atoms with Crippen molar-refractivity contribution < 1.29 is 9.63 Å². The van der Waals surface area contributed by atoms with Crippen LogP contribution in [-0.4, -0.2) is 31.6 Å². The topological polar surface area (TPSA) is 141 Å². The maximum atomic E-state index is 12.0. The van der Waals surface area contributed by atoms with E-state index in [0.29, 0.717) is 31.7 Å². The lowest BCUT2D eigenvalue weighted by Gasteiger charge is -2.16. The summed E-state index contributed by atoms with van der Waals surface area (Å²) in [7, 11) is 1.50. The third kappa shape index (κ3) is 10.6. The highest BCUT2D eigenvalue weighted by Crippen LogP contribution is 2.08. The van der Waals surface area contributed by atoms with Gasteiger partial charge in [0.1, 0.15) is 0 Å². The van der Waals surface area contributed by atoms with Crippen LogP contribution in [0.3, 0.4) is 0 Å². The zero-order chi connectivity index (χ0) is 16.3. The fourth-order valence-corrected chi connectivity index (χ4v) is 1.62. The number of hydrogen-bond acceptors (Lipinski definition) is 5. The lowest BCUT2D eigenvalue weighted by molar-refractivity contribution is -0.121. The minimum Gasteiger partial charge on any atom is -0.370 e. The Kier molecular flexibility index (Phi) is 9.99. The lowest BCUT2D eigenvalue weighted by atomic mass is 10.1. The van der Waals surface area contributed by atoms with Crippen molar-refractivity contribution in [3.8, 4) is 0 Å². The van der Waals surface area contributed by atoms with Crippen molar-refractivity contribution >= 4 is 11.9 Å². The highest BCUT2D eigenvalue weighted by molar-refractivity contribution is 5.83. The first-order valence-electron chi connectivity index (χ1n) is 6.96. The molecule has 0 fully saturated rings. The van der Waals surface area contributed by atoms with E-state index in [-0.39, 0.29) is 11.9 Å². The van der Waals surface area contributed by atoms with Crippen LogP contribution in [0.1, 0.15) is 33.1 Å². The quantitative estimate of drug-likeness (QED) is 0.160. The van der Waals surface area contributed by atoms with Gasteiger partial charge in [-0.3, -0.25) is 20.1 Å². The van der Waals surface area contributed by atoms with E-state index in [9.17, 15) is 4.79 Å². The maximum Gasteiger partial charge on any atom is 0.241 e. The second kappa shape index (κ2) is 10.9. The highest BCUT2D eigenvalue weighted by atomic mass is 16.6. The summed E-state index contributed by atoms with van der Waals surface area (Å²) in [5.74, 6) is 0.207. The second-order valence-electron chi connectivity index (χ2n) is 5.13. The molecule has 0 unspecified atom stereocenters. The molecule has 1 atom stereocenters. The molecule has 21 heavy (non-hydrogen) atoms. The first-order chi connectivity index (χ1) is 9.86. The van der Waals surface area contributed by atoms with Crippen molar-refractivity contribution in [3.63, 3.8) is 0 Å². The first-order valence-corrected chi connectivity index (χ1v) is 6.96. The van der Waals surface area contributed by atoms with Crippen molar-refractivity contribution in [2.75, 3.05) is 13.7 Å². The summed E-state index contributed by atoms with van der Waals surface area (Å²) in [6.07, 6.45) is 3.48. The largest absolute Gasteiger partial charge is 0.370 e. The fraction of sp³-hybridized carbons (Fsp3) is 0.692. The van der Waals surface area contributed by atoms with Gasteiger partial charge in [-0.2, -0.15) is 0 Å². The summed E-state index contributed by atoms with van der Waals surface area (Å²) in [5.41, 5.74) is 19.6. The molecule has 122 valence electrons. The maximum absolute atomic E-state index is 12.0. The van der Waals surface area contributed by atoms with Gasteiger partial charge < -0.3 is 22.5 Å². The number of hydrogen-bond donors (Lipinski definition) is 5. The van der Waals surface area contributed by atoms with Crippen LogP contribution in [0.25, 0.3) is 0 Å². The molecular weight excluding hydrogens is 272 g/mol. The van der Waals surface area contributed by atoms with Gasteiger partial charge in [0.25, 0.3) is 0 Å². The van der Waals surface area contributed by atoms with Gasteiger partial charge in [0.2, 0.25) is 5.91 Å². The predicted octanol–water partition coefficient (Wildman–Crippen LogP) is -0.478. The molecule has 0 spiro atoms. The summed E-state index contributed by atoms with van der Waals surface area (Å²) in [6, 6.07) is -0.600. The number of carbonyl (C=O) groups is 1. The van der Waals surface area contributed by atoms with Crippen molar-refractivity contribution in [1.82, 2.24) is 10.8 Å². The molecule has 0 aliphatic heterocycles. The van der Waals surface area contributed by atoms with Crippen LogP contribution >= 0.6 is 0 Å². The zero-order valence-corrected chi connectivity index (χ0v) is 13.1. The SMILES string of the molecule is CONC=C(CC(C)C)NC(=O)[C@@H](N)CCCN=C(N)N. The molecule has 0 saturated heterocycles. The summed E-state index contributed by atoms with van der Waals surface area (Å²) < 4.78 is 0. The van der Waals surface area contributed by atoms with Crippen molar-refractivity contribution in [2.45, 2.75) is 39.2 Å². The summed E-state index contributed by atoms with van der Waals surface area (Å²) in [5, 5.41) is 2.80. The Morgan fingerprint density at radius 2 is 2.05 bits per heavy atom. The van der Waals surface area contributed by atoms with Crippen LogP contribution < -0.4 is 28.0 Å². The summed E-state index contributed by atoms with van der Waals surface area (Å²) >= 11 is 0. The smallest absolute Gasteiger partial charge is 0.241 e. The molecule has 0 aliphatic rings. The van der Waals surface area contributed by atoms with E-state index < -0.39 is 6.04 Å². The number of aliphatic imine (C=N–C) groups is 1. The van der Waals surface area contributed by atoms with Gasteiger partial charge in [0, 0.05) is 18.4 Å². The Morgan fingerprint density at radius 1 is 1.38 bits per heavy atom. The van der Waals surface area contributed by atoms with Gasteiger partial charge in [-0.05, 0) is 25.2 Å². The number of nitrogens with one attached hydrogen (secondary N) is 2. The standard InChI is InChI=1S/C13H28N6O2/c1-9(2)7-10(8-18-21-3)19-12(20)11(14)5-4-6-17-13(15)16/h8-9,11,18H,4-7,14H2,1-3H3,(H,19,20)(H4,15,16,17)/t11-/m0/s1. The van der Waals surface area contributed by atoms with Gasteiger partial charge in [-0.1, -0.05) is 13.8 Å². The van der Waals surface area contributed by atoms with E-state index in [1.807, 2.05) is 0 Å². The highest BCUT2D eigenvalue weighted by Gasteiger charge is 2.14. The first kappa shape index (κ1) is 19.2. The van der Waals surface area contributed by atoms with E-state index in [2.05, 4.69) is 29.6 Å². The molecule has 0 saturated carbocycles. The molecule has 0 aliphatic carbocycles. The number of guanidine groups is 1. The van der Waals surface area contributed by atoms with E-state index >= 15 is 0 Å². The van der Waals surface area contributed by atoms with E-state index in [1.165, 1.54) is 7.11 Å². The second-order valence-corrected chi connectivity index (χ2v) is 5.13. The third-order valence-corrected chi connectivity index (χ3v) is 2.57. The number of nitrogens with zero attached hydrogens (tertiary/aromatic N) is 1. The van der Waals surface area contributed by atoms with Gasteiger partial charge in [-0.25, -0.2) is 0 Å². The number of rotatable bonds is 10. The number of hydroxylamine groups is 1. The van der Waals surface area contributed by atoms with E-state index in [1.54, 1.807) is 6.20 Å². The van der Waals surface area contributed by atoms with E-state index in [4.69, 9.17) is 22.0 Å². The van der Waals surface area contributed by atoms with Gasteiger partial charge in [-0.15, -0.1) is 0 Å². The average Bonchev–Trinajstić information content (AvgIpc) is 2.39. The van der Waals surface area contributed by atoms with Crippen LogP contribution in [0.2, 0.25) is 0 Å². The van der Waals surface area contributed by atoms with Crippen LogP contribution in [0.15, 0.2) is 16.9 Å². The molecule has 0 aromatic heterocycles. The average molecular weight is 300 g/mol. The normalized spacial score (nSPS) is 12.9. The fourth-order valence-electron chi connectivity index (χ4n) is 1.62. The molecule has 1 amide bonds. The van der Waals surface area contributed by atoms with Crippen molar-refractivity contribution in [3.05, 3.63) is 11.9 Å². The molecule has 0 aromatic rings. The predicted molar refractivity (Wildman–Crippen MR) is 83.7 cm³/mol. The molecular formula is C13H28N6O2. The summed E-state index contributed by atoms with van der Waals surface area (Å²) in [6.45, 7) is 4.58. The molecule has 0 bridgehead atoms. The summed E-state index contributed by atoms with van der Waals surface area (Å²) in [4.78, 5) is 20.6. The number of nitrogens with two attached hydrogens (primary N) is 3. The number of amides is 1. The van der Waals surface area contributed by atoms with E-state index in [0.717, 1.165) is 5.70 Å². The van der Waals surface area contributed by atoms with Crippen LogP contribution in [-0.2, 0) is 9.63 Å². The number of carbonyl (C=O) groups excluding carboxylic acids is 1. The monoisotopic (exact) mass is 300 g/mol. The minimum absolute atomic E-state index is 0.0424. The molecule has 8 nitrogen and oxygen atoms in total. The molecule has 0 heterocycles. The third-order valence-electron chi connectivity index (χ3n) is 2.57.